The van der Waals surface area contributed by atoms with Gasteiger partial charge in [0.15, 0.2) is 0 Å². The summed E-state index contributed by atoms with van der Waals surface area (Å²) in [6, 6.07) is 0. The maximum atomic E-state index is 10.7. The Morgan fingerprint density at radius 1 is 1.47 bits per heavy atom. The highest BCUT2D eigenvalue weighted by atomic mass is 16.6. The Kier molecular flexibility index (Phi) is 3.31. The fourth-order valence-corrected chi connectivity index (χ4v) is 2.78. The van der Waals surface area contributed by atoms with Gasteiger partial charge in [0.1, 0.15) is 0 Å². The summed E-state index contributed by atoms with van der Waals surface area (Å²) in [5.41, 5.74) is -0.617. The predicted octanol–water partition coefficient (Wildman–Crippen LogP) is 1.79. The van der Waals surface area contributed by atoms with Crippen LogP contribution in [0, 0.1) is 27.4 Å². The molecule has 5 nitrogen and oxygen atoms in total. The van der Waals surface area contributed by atoms with Gasteiger partial charge >= 0.3 is 5.97 Å². The van der Waals surface area contributed by atoms with Gasteiger partial charge in [0.05, 0.1) is 6.42 Å². The van der Waals surface area contributed by atoms with Gasteiger partial charge in [0, 0.05) is 10.3 Å². The van der Waals surface area contributed by atoms with Gasteiger partial charge in [-0.05, 0) is 24.7 Å². The number of carboxylic acid groups (broad SMARTS) is 1. The molecule has 0 aromatic carbocycles. The second-order valence-electron chi connectivity index (χ2n) is 4.92. The monoisotopic (exact) mass is 215 g/mol. The van der Waals surface area contributed by atoms with E-state index in [-0.39, 0.29) is 17.9 Å². The zero-order valence-electron chi connectivity index (χ0n) is 9.10. The maximum Gasteiger partial charge on any atom is 0.304 e. The average Bonchev–Trinajstić information content (AvgIpc) is 2.23. The minimum atomic E-state index is -0.932. The van der Waals surface area contributed by atoms with E-state index in [0.717, 1.165) is 0 Å². The lowest BCUT2D eigenvalue weighted by atomic mass is 9.81. The molecule has 0 radical (unpaired) electrons. The van der Waals surface area contributed by atoms with Crippen molar-refractivity contribution in [3.8, 4) is 0 Å². The molecule has 15 heavy (non-hydrogen) atoms. The Morgan fingerprint density at radius 3 is 2.27 bits per heavy atom. The number of hydrogen-bond acceptors (Lipinski definition) is 3. The summed E-state index contributed by atoms with van der Waals surface area (Å²) < 4.78 is 0. The third-order valence-corrected chi connectivity index (χ3v) is 3.47. The van der Waals surface area contributed by atoms with Crippen molar-refractivity contribution < 1.29 is 14.8 Å². The minimum Gasteiger partial charge on any atom is -0.481 e. The third kappa shape index (κ3) is 2.91. The highest BCUT2D eigenvalue weighted by Gasteiger charge is 2.46. The molecule has 1 fully saturated rings. The van der Waals surface area contributed by atoms with E-state index in [4.69, 9.17) is 5.11 Å². The molecule has 0 unspecified atom stereocenters. The van der Waals surface area contributed by atoms with Crippen molar-refractivity contribution in [1.82, 2.24) is 0 Å². The topological polar surface area (TPSA) is 80.4 Å². The summed E-state index contributed by atoms with van der Waals surface area (Å²) in [4.78, 5) is 20.9. The molecule has 0 saturated heterocycles. The van der Waals surface area contributed by atoms with E-state index in [9.17, 15) is 14.9 Å². The van der Waals surface area contributed by atoms with Gasteiger partial charge in [-0.3, -0.25) is 14.9 Å². The lowest BCUT2D eigenvalue weighted by Crippen LogP contribution is -2.30. The molecule has 1 aliphatic carbocycles. The molecule has 0 aromatic rings. The fraction of sp³-hybridized carbons (Fsp3) is 0.900. The Bertz CT molecular complexity index is 249. The van der Waals surface area contributed by atoms with Gasteiger partial charge in [-0.2, -0.15) is 0 Å². The highest BCUT2D eigenvalue weighted by Crippen LogP contribution is 2.47. The first-order valence-electron chi connectivity index (χ1n) is 5.18. The number of aliphatic carboxylic acids is 1. The largest absolute Gasteiger partial charge is 0.481 e. The smallest absolute Gasteiger partial charge is 0.304 e. The molecule has 0 spiro atoms. The van der Waals surface area contributed by atoms with Crippen LogP contribution in [0.5, 0.6) is 0 Å². The van der Waals surface area contributed by atoms with Crippen LogP contribution in [0.3, 0.4) is 0 Å². The molecule has 0 heterocycles. The van der Waals surface area contributed by atoms with Crippen molar-refractivity contribution in [1.29, 1.82) is 0 Å². The van der Waals surface area contributed by atoms with Crippen molar-refractivity contribution in [2.45, 2.75) is 33.1 Å². The van der Waals surface area contributed by atoms with E-state index < -0.39 is 11.4 Å². The molecular formula is C10H17NO4. The number of carboxylic acids is 1. The predicted molar refractivity (Wildman–Crippen MR) is 54.1 cm³/mol. The Morgan fingerprint density at radius 2 is 1.93 bits per heavy atom. The molecule has 0 bridgehead atoms. The first kappa shape index (κ1) is 11.9. The van der Waals surface area contributed by atoms with Crippen LogP contribution >= 0.6 is 0 Å². The molecule has 1 aliphatic rings. The number of carbonyl (C=O) groups is 1. The summed E-state index contributed by atoms with van der Waals surface area (Å²) in [5, 5.41) is 19.4. The second-order valence-corrected chi connectivity index (χ2v) is 4.92. The van der Waals surface area contributed by atoms with Gasteiger partial charge in [-0.15, -0.1) is 0 Å². The normalized spacial score (nSPS) is 28.9. The molecule has 1 rings (SSSR count). The number of nitrogens with zero attached hydrogens (tertiary/aromatic N) is 1. The lowest BCUT2D eigenvalue weighted by Gasteiger charge is -2.22. The van der Waals surface area contributed by atoms with Crippen LogP contribution in [0.1, 0.15) is 33.1 Å². The molecule has 5 heteroatoms. The van der Waals surface area contributed by atoms with E-state index in [1.165, 1.54) is 0 Å². The summed E-state index contributed by atoms with van der Waals surface area (Å²) >= 11 is 0. The van der Waals surface area contributed by atoms with Crippen LogP contribution in [0.25, 0.3) is 0 Å². The summed E-state index contributed by atoms with van der Waals surface area (Å²) in [5.74, 6) is -0.174. The quantitative estimate of drug-likeness (QED) is 0.572. The third-order valence-electron chi connectivity index (χ3n) is 3.47. The van der Waals surface area contributed by atoms with E-state index in [1.807, 2.05) is 13.8 Å². The average molecular weight is 215 g/mol. The summed E-state index contributed by atoms with van der Waals surface area (Å²) in [6.45, 7) is 3.86. The Balaban J connectivity index is 2.78. The number of nitro groups is 1. The summed E-state index contributed by atoms with van der Waals surface area (Å²) in [7, 11) is 0. The van der Waals surface area contributed by atoms with Crippen LogP contribution in [0.2, 0.25) is 0 Å². The van der Waals surface area contributed by atoms with E-state index in [2.05, 4.69) is 0 Å². The molecule has 0 aromatic heterocycles. The van der Waals surface area contributed by atoms with Gasteiger partial charge in [0.25, 0.3) is 0 Å². The molecule has 1 saturated carbocycles. The summed E-state index contributed by atoms with van der Waals surface area (Å²) in [6.07, 6.45) is 1.23. The Labute approximate surface area is 88.6 Å². The Hall–Kier alpha value is -1.13. The number of rotatable bonds is 4. The zero-order chi connectivity index (χ0) is 11.6. The van der Waals surface area contributed by atoms with E-state index >= 15 is 0 Å². The standard InChI is InChI=1S/C10H17NO4/c1-7-3-10(4-8(7)2,5-9(12)13)6-11(14)15/h7-8H,3-6H2,1-2H3,(H,12,13)/t7-,8-/m1/s1. The molecule has 2 atom stereocenters. The van der Waals surface area contributed by atoms with Crippen LogP contribution in [-0.4, -0.2) is 22.5 Å². The first-order valence-corrected chi connectivity index (χ1v) is 5.18. The molecule has 1 N–H and O–H groups in total. The molecular weight excluding hydrogens is 198 g/mol. The lowest BCUT2D eigenvalue weighted by molar-refractivity contribution is -0.497. The SMILES string of the molecule is C[C@@H]1CC(CC(=O)O)(C[N+](=O)[O-])C[C@H]1C. The van der Waals surface area contributed by atoms with Crippen molar-refractivity contribution in [3.63, 3.8) is 0 Å². The van der Waals surface area contributed by atoms with Gasteiger partial charge in [-0.1, -0.05) is 13.8 Å². The van der Waals surface area contributed by atoms with E-state index in [1.54, 1.807) is 0 Å². The van der Waals surface area contributed by atoms with Crippen molar-refractivity contribution >= 4 is 5.97 Å². The minimum absolute atomic E-state index is 0.0807. The van der Waals surface area contributed by atoms with Crippen molar-refractivity contribution in [2.24, 2.45) is 17.3 Å². The van der Waals surface area contributed by atoms with Crippen LogP contribution in [-0.2, 0) is 4.79 Å². The van der Waals surface area contributed by atoms with Crippen LogP contribution in [0.4, 0.5) is 0 Å². The molecule has 86 valence electrons. The van der Waals surface area contributed by atoms with Gasteiger partial charge in [0.2, 0.25) is 6.54 Å². The van der Waals surface area contributed by atoms with Crippen LogP contribution < -0.4 is 0 Å². The van der Waals surface area contributed by atoms with Crippen LogP contribution in [0.15, 0.2) is 0 Å². The maximum absolute atomic E-state index is 10.7. The molecule has 0 aliphatic heterocycles. The van der Waals surface area contributed by atoms with Gasteiger partial charge in [-0.25, -0.2) is 0 Å². The highest BCUT2D eigenvalue weighted by molar-refractivity contribution is 5.67. The second kappa shape index (κ2) is 4.16. The van der Waals surface area contributed by atoms with Gasteiger partial charge < -0.3 is 5.11 Å². The number of hydrogen-bond donors (Lipinski definition) is 1. The molecule has 0 amide bonds. The van der Waals surface area contributed by atoms with Crippen molar-refractivity contribution in [2.75, 3.05) is 6.54 Å². The van der Waals surface area contributed by atoms with E-state index in [0.29, 0.717) is 24.7 Å². The first-order chi connectivity index (χ1) is 6.84. The fourth-order valence-electron chi connectivity index (χ4n) is 2.78. The zero-order valence-corrected chi connectivity index (χ0v) is 9.10. The van der Waals surface area contributed by atoms with Crippen molar-refractivity contribution in [3.05, 3.63) is 10.1 Å².